The smallest absolute Gasteiger partial charge is 0.250 e. The van der Waals surface area contributed by atoms with Gasteiger partial charge in [0.1, 0.15) is 5.65 Å². The van der Waals surface area contributed by atoms with Gasteiger partial charge in [0, 0.05) is 17.8 Å². The fraction of sp³-hybridized carbons (Fsp3) is 0. The van der Waals surface area contributed by atoms with Gasteiger partial charge >= 0.3 is 0 Å². The van der Waals surface area contributed by atoms with E-state index in [0.717, 1.165) is 16.6 Å². The number of carbonyl (C=O) groups is 1. The highest BCUT2D eigenvalue weighted by Crippen LogP contribution is 2.15. The molecule has 3 aromatic rings. The number of rotatable bonds is 1. The van der Waals surface area contributed by atoms with E-state index in [-0.39, 0.29) is 0 Å². The number of para-hydroxylation sites is 1. The van der Waals surface area contributed by atoms with Crippen molar-refractivity contribution in [1.82, 2.24) is 9.38 Å². The summed E-state index contributed by atoms with van der Waals surface area (Å²) in [6.07, 6.45) is 3.63. The molecule has 2 heterocycles. The monoisotopic (exact) mass is 211 g/mol. The van der Waals surface area contributed by atoms with Crippen LogP contribution >= 0.6 is 0 Å². The van der Waals surface area contributed by atoms with Gasteiger partial charge in [-0.15, -0.1) is 0 Å². The second-order valence-corrected chi connectivity index (χ2v) is 3.66. The van der Waals surface area contributed by atoms with E-state index >= 15 is 0 Å². The lowest BCUT2D eigenvalue weighted by Crippen LogP contribution is -2.09. The maximum atomic E-state index is 11.0. The van der Waals surface area contributed by atoms with Gasteiger partial charge in [-0.2, -0.15) is 0 Å². The third-order valence-corrected chi connectivity index (χ3v) is 2.56. The van der Waals surface area contributed by atoms with Gasteiger partial charge in [-0.3, -0.25) is 4.79 Å². The maximum Gasteiger partial charge on any atom is 0.250 e. The number of carbonyl (C=O) groups excluding carboxylic acids is 1. The third-order valence-electron chi connectivity index (χ3n) is 2.56. The molecule has 4 heteroatoms. The average molecular weight is 211 g/mol. The van der Waals surface area contributed by atoms with Crippen LogP contribution in [0.2, 0.25) is 0 Å². The molecule has 4 nitrogen and oxygen atoms in total. The molecule has 0 aliphatic rings. The largest absolute Gasteiger partial charge is 0.366 e. The summed E-state index contributed by atoms with van der Waals surface area (Å²) in [6.45, 7) is 0. The Hall–Kier alpha value is -2.36. The Kier molecular flexibility index (Phi) is 1.71. The van der Waals surface area contributed by atoms with E-state index in [9.17, 15) is 4.79 Å². The van der Waals surface area contributed by atoms with Crippen LogP contribution in [0.25, 0.3) is 16.6 Å². The van der Waals surface area contributed by atoms with Crippen molar-refractivity contribution in [3.63, 3.8) is 0 Å². The highest BCUT2D eigenvalue weighted by Gasteiger charge is 2.06. The van der Waals surface area contributed by atoms with Crippen molar-refractivity contribution >= 4 is 22.5 Å². The molecule has 0 spiro atoms. The molecule has 0 radical (unpaired) electrons. The Balaban J connectivity index is 2.38. The topological polar surface area (TPSA) is 60.4 Å². The fourth-order valence-electron chi connectivity index (χ4n) is 1.77. The van der Waals surface area contributed by atoms with Gasteiger partial charge in [0.2, 0.25) is 5.91 Å². The number of hydrogen-bond donors (Lipinski definition) is 1. The zero-order valence-electron chi connectivity index (χ0n) is 8.42. The van der Waals surface area contributed by atoms with Crippen molar-refractivity contribution in [3.8, 4) is 0 Å². The van der Waals surface area contributed by atoms with Crippen molar-refractivity contribution in [2.75, 3.05) is 0 Å². The Morgan fingerprint density at radius 1 is 1.25 bits per heavy atom. The molecule has 0 saturated carbocycles. The van der Waals surface area contributed by atoms with Crippen molar-refractivity contribution in [3.05, 3.63) is 48.3 Å². The Morgan fingerprint density at radius 2 is 2.06 bits per heavy atom. The summed E-state index contributed by atoms with van der Waals surface area (Å²) in [7, 11) is 0. The van der Waals surface area contributed by atoms with Crippen LogP contribution in [0.15, 0.2) is 42.7 Å². The predicted octanol–water partition coefficient (Wildman–Crippen LogP) is 1.59. The van der Waals surface area contributed by atoms with Crippen LogP contribution in [0.5, 0.6) is 0 Å². The molecular weight excluding hydrogens is 202 g/mol. The number of benzene rings is 1. The van der Waals surface area contributed by atoms with E-state index < -0.39 is 5.91 Å². The van der Waals surface area contributed by atoms with Crippen molar-refractivity contribution in [2.24, 2.45) is 5.73 Å². The van der Waals surface area contributed by atoms with Gasteiger partial charge in [0.05, 0.1) is 11.1 Å². The van der Waals surface area contributed by atoms with E-state index in [4.69, 9.17) is 5.73 Å². The number of nitrogens with two attached hydrogens (primary N) is 1. The molecule has 3 rings (SSSR count). The maximum absolute atomic E-state index is 11.0. The van der Waals surface area contributed by atoms with Crippen LogP contribution in [0.4, 0.5) is 0 Å². The zero-order chi connectivity index (χ0) is 11.1. The number of nitrogens with zero attached hydrogens (tertiary/aromatic N) is 2. The lowest BCUT2D eigenvalue weighted by Gasteiger charge is -1.98. The lowest BCUT2D eigenvalue weighted by molar-refractivity contribution is 0.100. The molecule has 1 aromatic carbocycles. The van der Waals surface area contributed by atoms with E-state index in [1.807, 2.05) is 34.9 Å². The molecule has 0 atom stereocenters. The van der Waals surface area contributed by atoms with Gasteiger partial charge in [-0.1, -0.05) is 18.2 Å². The van der Waals surface area contributed by atoms with Gasteiger partial charge in [-0.05, 0) is 12.1 Å². The number of amides is 1. The summed E-state index contributed by atoms with van der Waals surface area (Å²) in [5.41, 5.74) is 7.33. The number of primary amides is 1. The first-order valence-corrected chi connectivity index (χ1v) is 4.91. The number of hydrogen-bond acceptors (Lipinski definition) is 2. The van der Waals surface area contributed by atoms with Crippen LogP contribution in [-0.4, -0.2) is 15.3 Å². The number of fused-ring (bicyclic) bond motifs is 2. The van der Waals surface area contributed by atoms with Crippen molar-refractivity contribution in [2.45, 2.75) is 0 Å². The van der Waals surface area contributed by atoms with Gasteiger partial charge in [0.15, 0.2) is 0 Å². The molecule has 78 valence electrons. The molecule has 0 fully saturated rings. The summed E-state index contributed by atoms with van der Waals surface area (Å²) in [5.74, 6) is -0.436. The minimum Gasteiger partial charge on any atom is -0.366 e. The minimum atomic E-state index is -0.436. The van der Waals surface area contributed by atoms with E-state index in [0.29, 0.717) is 5.56 Å². The van der Waals surface area contributed by atoms with E-state index in [1.54, 1.807) is 12.3 Å². The summed E-state index contributed by atoms with van der Waals surface area (Å²) >= 11 is 0. The van der Waals surface area contributed by atoms with Gasteiger partial charge in [-0.25, -0.2) is 4.98 Å². The normalized spacial score (nSPS) is 11.0. The molecule has 16 heavy (non-hydrogen) atoms. The molecule has 0 bridgehead atoms. The van der Waals surface area contributed by atoms with Gasteiger partial charge < -0.3 is 10.1 Å². The summed E-state index contributed by atoms with van der Waals surface area (Å²) in [5, 5.41) is 1.03. The van der Waals surface area contributed by atoms with Crippen LogP contribution in [0.3, 0.4) is 0 Å². The SMILES string of the molecule is NC(=O)c1cc2nc3ccccc3cn2c1. The first kappa shape index (κ1) is 8.91. The summed E-state index contributed by atoms with van der Waals surface area (Å²) in [4.78, 5) is 15.5. The molecule has 2 N–H and O–H groups in total. The summed E-state index contributed by atoms with van der Waals surface area (Å²) in [6, 6.07) is 9.49. The predicted molar refractivity (Wildman–Crippen MR) is 61.2 cm³/mol. The lowest BCUT2D eigenvalue weighted by atomic mass is 10.2. The summed E-state index contributed by atoms with van der Waals surface area (Å²) < 4.78 is 1.81. The van der Waals surface area contributed by atoms with E-state index in [1.165, 1.54) is 0 Å². The molecular formula is C12H9N3O. The zero-order valence-corrected chi connectivity index (χ0v) is 8.42. The van der Waals surface area contributed by atoms with E-state index in [2.05, 4.69) is 4.98 Å². The van der Waals surface area contributed by atoms with Gasteiger partial charge in [0.25, 0.3) is 0 Å². The van der Waals surface area contributed by atoms with Crippen LogP contribution in [0, 0.1) is 0 Å². The van der Waals surface area contributed by atoms with Crippen LogP contribution in [-0.2, 0) is 0 Å². The molecule has 0 saturated heterocycles. The number of aromatic nitrogens is 2. The highest BCUT2D eigenvalue weighted by molar-refractivity contribution is 5.94. The first-order chi connectivity index (χ1) is 7.74. The molecule has 1 amide bonds. The average Bonchev–Trinajstić information content (AvgIpc) is 2.68. The fourth-order valence-corrected chi connectivity index (χ4v) is 1.77. The minimum absolute atomic E-state index is 0.436. The van der Waals surface area contributed by atoms with Crippen LogP contribution < -0.4 is 5.73 Å². The Morgan fingerprint density at radius 3 is 2.88 bits per heavy atom. The van der Waals surface area contributed by atoms with Crippen LogP contribution in [0.1, 0.15) is 10.4 Å². The molecule has 2 aromatic heterocycles. The van der Waals surface area contributed by atoms with Crippen molar-refractivity contribution < 1.29 is 4.79 Å². The standard InChI is InChI=1S/C12H9N3O/c13-12(16)9-5-11-14-10-4-2-1-3-8(10)6-15(11)7-9/h1-7H,(H2,13,16). The first-order valence-electron chi connectivity index (χ1n) is 4.91. The highest BCUT2D eigenvalue weighted by atomic mass is 16.1. The molecule has 0 aliphatic carbocycles. The molecule has 0 aliphatic heterocycles. The molecule has 0 unspecified atom stereocenters. The Labute approximate surface area is 91.3 Å². The third kappa shape index (κ3) is 1.24. The Bertz CT molecular complexity index is 647. The van der Waals surface area contributed by atoms with Crippen molar-refractivity contribution in [1.29, 1.82) is 0 Å². The quantitative estimate of drug-likeness (QED) is 0.664. The second kappa shape index (κ2) is 3.06. The second-order valence-electron chi connectivity index (χ2n) is 3.66.